The summed E-state index contributed by atoms with van der Waals surface area (Å²) in [6.45, 7) is 0. The van der Waals surface area contributed by atoms with Crippen molar-refractivity contribution < 1.29 is 22.0 Å². The molecule has 1 aliphatic carbocycles. The lowest BCUT2D eigenvalue weighted by Crippen LogP contribution is -2.31. The van der Waals surface area contributed by atoms with Crippen LogP contribution in [-0.4, -0.2) is 25.1 Å². The number of amides is 1. The lowest BCUT2D eigenvalue weighted by molar-refractivity contribution is 0.102. The first kappa shape index (κ1) is 26.0. The summed E-state index contributed by atoms with van der Waals surface area (Å²) in [5.74, 6) is -1.91. The maximum atomic E-state index is 14.7. The molecule has 1 heterocycles. The Labute approximate surface area is 207 Å². The molecule has 1 amide bonds. The van der Waals surface area contributed by atoms with Gasteiger partial charge in [0.2, 0.25) is 10.0 Å². The third-order valence-corrected chi connectivity index (χ3v) is 7.11. The Morgan fingerprint density at radius 3 is 2.59 bits per heavy atom. The molecule has 0 bridgehead atoms. The Morgan fingerprint density at radius 2 is 1.88 bits per heavy atom. The molecule has 1 aliphatic rings. The fourth-order valence-corrected chi connectivity index (χ4v) is 5.32. The van der Waals surface area contributed by atoms with Gasteiger partial charge in [-0.15, -0.1) is 12.4 Å². The van der Waals surface area contributed by atoms with Gasteiger partial charge in [-0.05, 0) is 60.9 Å². The molecule has 6 nitrogen and oxygen atoms in total. The van der Waals surface area contributed by atoms with Crippen LogP contribution in [0.15, 0.2) is 54.7 Å². The van der Waals surface area contributed by atoms with Gasteiger partial charge in [0.1, 0.15) is 11.6 Å². The third-order valence-electron chi connectivity index (χ3n) is 5.43. The molecule has 11 heteroatoms. The lowest BCUT2D eigenvalue weighted by atomic mass is 10.0. The summed E-state index contributed by atoms with van der Waals surface area (Å²) in [6.07, 6.45) is 2.46. The fourth-order valence-electron chi connectivity index (χ4n) is 3.88. The fraction of sp³-hybridized carbons (Fsp3) is 0.217. The second kappa shape index (κ2) is 10.8. The van der Waals surface area contributed by atoms with Crippen molar-refractivity contribution in [3.8, 4) is 0 Å². The summed E-state index contributed by atoms with van der Waals surface area (Å²) in [6, 6.07) is 10.7. The molecule has 0 spiro atoms. The van der Waals surface area contributed by atoms with E-state index < -0.39 is 33.6 Å². The minimum absolute atomic E-state index is 0. The van der Waals surface area contributed by atoms with Crippen LogP contribution in [0.25, 0.3) is 0 Å². The highest BCUT2D eigenvalue weighted by Gasteiger charge is 2.32. The number of carbonyl (C=O) groups is 1. The number of hydrogen-bond acceptors (Lipinski definition) is 4. The number of sulfonamides is 1. The molecule has 2 N–H and O–H groups in total. The van der Waals surface area contributed by atoms with Gasteiger partial charge < -0.3 is 5.32 Å². The van der Waals surface area contributed by atoms with Gasteiger partial charge in [0.15, 0.2) is 0 Å². The number of carbonyl (C=O) groups excluding carboxylic acids is 1. The number of pyridine rings is 1. The molecule has 1 aromatic heterocycles. The number of halogens is 4. The van der Waals surface area contributed by atoms with Crippen LogP contribution >= 0.6 is 24.0 Å². The summed E-state index contributed by atoms with van der Waals surface area (Å²) in [5.41, 5.74) is 1.76. The Balaban J connectivity index is 0.00000324. The summed E-state index contributed by atoms with van der Waals surface area (Å²) in [4.78, 5) is 16.9. The summed E-state index contributed by atoms with van der Waals surface area (Å²) >= 11 is 5.76. The third kappa shape index (κ3) is 5.90. The molecular weight excluding hydrogens is 507 g/mol. The van der Waals surface area contributed by atoms with Gasteiger partial charge in [-0.2, -0.15) is 0 Å². The zero-order valence-corrected chi connectivity index (χ0v) is 20.1. The number of hydrogen-bond donors (Lipinski definition) is 2. The van der Waals surface area contributed by atoms with Crippen LogP contribution < -0.4 is 10.0 Å². The minimum atomic E-state index is -3.72. The molecule has 3 aromatic rings. The molecule has 0 saturated carbocycles. The van der Waals surface area contributed by atoms with Crippen LogP contribution in [0.2, 0.25) is 5.02 Å². The second-order valence-corrected chi connectivity index (χ2v) is 9.95. The second-order valence-electron chi connectivity index (χ2n) is 7.67. The van der Waals surface area contributed by atoms with Gasteiger partial charge in [0.25, 0.3) is 5.91 Å². The van der Waals surface area contributed by atoms with Crippen LogP contribution in [0.1, 0.15) is 39.6 Å². The Morgan fingerprint density at radius 1 is 1.12 bits per heavy atom. The summed E-state index contributed by atoms with van der Waals surface area (Å²) < 4.78 is 55.9. The van der Waals surface area contributed by atoms with Gasteiger partial charge in [-0.1, -0.05) is 17.7 Å². The van der Waals surface area contributed by atoms with Crippen molar-refractivity contribution in [2.75, 3.05) is 11.1 Å². The number of nitrogens with one attached hydrogen (secondary N) is 2. The van der Waals surface area contributed by atoms with Crippen molar-refractivity contribution in [1.29, 1.82) is 0 Å². The van der Waals surface area contributed by atoms with E-state index in [0.29, 0.717) is 24.1 Å². The van der Waals surface area contributed by atoms with E-state index >= 15 is 0 Å². The standard InChI is InChI=1S/C23H20ClF2N3O3S.ClH/c24-18-13-15(4-7-19(18)25)28-23(30)17-5-8-20(26)22-16(17)6-9-21(22)29-33(31,32)12-10-14-3-1-2-11-27-14;/h1-5,7-8,11,13,21,29H,6,9-10,12H2,(H,28,30);1H/t21-;/m0./s1. The van der Waals surface area contributed by atoms with Crippen LogP contribution in [0.3, 0.4) is 0 Å². The van der Waals surface area contributed by atoms with Gasteiger partial charge in [-0.3, -0.25) is 9.78 Å². The highest BCUT2D eigenvalue weighted by atomic mass is 35.5. The van der Waals surface area contributed by atoms with Crippen molar-refractivity contribution in [3.05, 3.63) is 93.8 Å². The molecular formula is C23H21Cl2F2N3O3S. The summed E-state index contributed by atoms with van der Waals surface area (Å²) in [5, 5.41) is 2.48. The quantitative estimate of drug-likeness (QED) is 0.460. The van der Waals surface area contributed by atoms with Crippen LogP contribution in [0.4, 0.5) is 14.5 Å². The highest BCUT2D eigenvalue weighted by Crippen LogP contribution is 2.36. The minimum Gasteiger partial charge on any atom is -0.322 e. The van der Waals surface area contributed by atoms with E-state index in [1.807, 2.05) is 0 Å². The van der Waals surface area contributed by atoms with E-state index in [1.54, 1.807) is 24.4 Å². The average Bonchev–Trinajstić information content (AvgIpc) is 3.19. The Kier molecular flexibility index (Phi) is 8.25. The van der Waals surface area contributed by atoms with Crippen molar-refractivity contribution in [1.82, 2.24) is 9.71 Å². The first-order valence-corrected chi connectivity index (χ1v) is 12.2. The van der Waals surface area contributed by atoms with Gasteiger partial charge in [0.05, 0.1) is 16.8 Å². The number of nitrogens with zero attached hydrogens (tertiary/aromatic N) is 1. The smallest absolute Gasteiger partial charge is 0.255 e. The van der Waals surface area contributed by atoms with E-state index in [-0.39, 0.29) is 46.4 Å². The van der Waals surface area contributed by atoms with E-state index in [9.17, 15) is 22.0 Å². The Hall–Kier alpha value is -2.59. The average molecular weight is 528 g/mol. The molecule has 180 valence electrons. The number of aryl methyl sites for hydroxylation is 1. The normalized spacial score (nSPS) is 14.9. The number of aromatic nitrogens is 1. The van der Waals surface area contributed by atoms with Crippen molar-refractivity contribution >= 4 is 45.6 Å². The van der Waals surface area contributed by atoms with E-state index in [2.05, 4.69) is 15.0 Å². The molecule has 2 aromatic carbocycles. The zero-order valence-electron chi connectivity index (χ0n) is 17.7. The predicted molar refractivity (Wildman–Crippen MR) is 129 cm³/mol. The van der Waals surface area contributed by atoms with Crippen molar-refractivity contribution in [2.45, 2.75) is 25.3 Å². The zero-order chi connectivity index (χ0) is 23.6. The predicted octanol–water partition coefficient (Wildman–Crippen LogP) is 4.84. The lowest BCUT2D eigenvalue weighted by Gasteiger charge is -2.16. The molecule has 0 saturated heterocycles. The molecule has 4 rings (SSSR count). The van der Waals surface area contributed by atoms with Crippen molar-refractivity contribution in [2.24, 2.45) is 0 Å². The topological polar surface area (TPSA) is 88.2 Å². The van der Waals surface area contributed by atoms with Crippen LogP contribution in [0, 0.1) is 11.6 Å². The number of anilines is 1. The van der Waals surface area contributed by atoms with Crippen LogP contribution in [-0.2, 0) is 22.9 Å². The Bertz CT molecular complexity index is 1310. The molecule has 0 fully saturated rings. The molecule has 0 radical (unpaired) electrons. The van der Waals surface area contributed by atoms with Gasteiger partial charge >= 0.3 is 0 Å². The molecule has 0 aliphatic heterocycles. The number of rotatable bonds is 7. The van der Waals surface area contributed by atoms with Crippen LogP contribution in [0.5, 0.6) is 0 Å². The van der Waals surface area contributed by atoms with E-state index in [1.165, 1.54) is 18.2 Å². The van der Waals surface area contributed by atoms with Gasteiger partial charge in [-0.25, -0.2) is 21.9 Å². The highest BCUT2D eigenvalue weighted by molar-refractivity contribution is 7.89. The van der Waals surface area contributed by atoms with E-state index in [0.717, 1.165) is 12.1 Å². The van der Waals surface area contributed by atoms with Crippen molar-refractivity contribution in [3.63, 3.8) is 0 Å². The largest absolute Gasteiger partial charge is 0.322 e. The molecule has 34 heavy (non-hydrogen) atoms. The van der Waals surface area contributed by atoms with Gasteiger partial charge in [0, 0.05) is 35.1 Å². The maximum Gasteiger partial charge on any atom is 0.255 e. The molecule has 0 unspecified atom stereocenters. The number of fused-ring (bicyclic) bond motifs is 1. The van der Waals surface area contributed by atoms with E-state index in [4.69, 9.17) is 11.6 Å². The number of benzene rings is 2. The SMILES string of the molecule is Cl.O=C(Nc1ccc(F)c(Cl)c1)c1ccc(F)c2c1CC[C@@H]2NS(=O)(=O)CCc1ccccn1. The monoisotopic (exact) mass is 527 g/mol. The maximum absolute atomic E-state index is 14.7. The first-order valence-electron chi connectivity index (χ1n) is 10.2. The first-order chi connectivity index (χ1) is 15.7. The molecule has 1 atom stereocenters. The summed E-state index contributed by atoms with van der Waals surface area (Å²) in [7, 11) is -3.72.